The molecule has 1 amide bonds. The minimum atomic E-state index is -0.692. The summed E-state index contributed by atoms with van der Waals surface area (Å²) in [6.45, 7) is 0. The molecule has 5 heteroatoms. The third-order valence-corrected chi connectivity index (χ3v) is 3.05. The van der Waals surface area contributed by atoms with Crippen molar-refractivity contribution in [3.63, 3.8) is 0 Å². The zero-order valence-corrected chi connectivity index (χ0v) is 12.2. The summed E-state index contributed by atoms with van der Waals surface area (Å²) in [5.41, 5.74) is 4.04. The first-order chi connectivity index (χ1) is 10.2. The van der Waals surface area contributed by atoms with Crippen LogP contribution in [0.1, 0.15) is 17.2 Å². The second-order valence-corrected chi connectivity index (χ2v) is 4.75. The van der Waals surface area contributed by atoms with Gasteiger partial charge in [-0.3, -0.25) is 4.79 Å². The summed E-state index contributed by atoms with van der Waals surface area (Å²) < 4.78 is 5.21. The number of ether oxygens (including phenoxy) is 1. The van der Waals surface area contributed by atoms with Crippen molar-refractivity contribution >= 4 is 23.7 Å². The van der Waals surface area contributed by atoms with Crippen molar-refractivity contribution in [2.45, 2.75) is 6.10 Å². The molecule has 0 fully saturated rings. The Bertz CT molecular complexity index is 629. The number of hydrazone groups is 1. The molecule has 0 aliphatic carbocycles. The van der Waals surface area contributed by atoms with Crippen LogP contribution >= 0.6 is 11.6 Å². The fourth-order valence-corrected chi connectivity index (χ4v) is 2.04. The molecular formula is C16H15ClN2O2. The highest BCUT2D eigenvalue weighted by Crippen LogP contribution is 2.16. The molecular weight excluding hydrogens is 288 g/mol. The van der Waals surface area contributed by atoms with Crippen LogP contribution in [-0.2, 0) is 9.53 Å². The number of carbonyl (C=O) groups excluding carboxylic acids is 1. The van der Waals surface area contributed by atoms with Gasteiger partial charge in [0.25, 0.3) is 5.91 Å². The molecule has 2 aromatic rings. The van der Waals surface area contributed by atoms with Gasteiger partial charge < -0.3 is 4.74 Å². The summed E-state index contributed by atoms with van der Waals surface area (Å²) in [5, 5.41) is 4.53. The van der Waals surface area contributed by atoms with Gasteiger partial charge in [-0.1, -0.05) is 54.1 Å². The molecule has 2 aromatic carbocycles. The molecule has 0 saturated carbocycles. The van der Waals surface area contributed by atoms with Crippen molar-refractivity contribution in [3.8, 4) is 0 Å². The molecule has 21 heavy (non-hydrogen) atoms. The molecule has 108 valence electrons. The fraction of sp³-hybridized carbons (Fsp3) is 0.125. The van der Waals surface area contributed by atoms with Gasteiger partial charge in [0.1, 0.15) is 0 Å². The summed E-state index contributed by atoms with van der Waals surface area (Å²) in [6.07, 6.45) is 0.837. The standard InChI is InChI=1S/C16H15ClN2O2/c1-21-15(13-7-3-2-4-8-13)16(20)19-18-11-12-6-5-9-14(17)10-12/h2-11,15H,1H3,(H,19,20)/b18-11-/t15-/m1/s1. The van der Waals surface area contributed by atoms with Gasteiger partial charge in [-0.25, -0.2) is 5.43 Å². The first kappa shape index (κ1) is 15.2. The van der Waals surface area contributed by atoms with E-state index in [1.165, 1.54) is 13.3 Å². The summed E-state index contributed by atoms with van der Waals surface area (Å²) in [5.74, 6) is -0.332. The van der Waals surface area contributed by atoms with E-state index in [0.717, 1.165) is 11.1 Å². The quantitative estimate of drug-likeness (QED) is 0.681. The first-order valence-electron chi connectivity index (χ1n) is 6.37. The van der Waals surface area contributed by atoms with Crippen LogP contribution < -0.4 is 5.43 Å². The Morgan fingerprint density at radius 2 is 2.00 bits per heavy atom. The monoisotopic (exact) mass is 302 g/mol. The predicted molar refractivity (Wildman–Crippen MR) is 83.4 cm³/mol. The van der Waals surface area contributed by atoms with Crippen LogP contribution in [0.3, 0.4) is 0 Å². The molecule has 0 aliphatic rings. The van der Waals surface area contributed by atoms with Crippen LogP contribution in [0, 0.1) is 0 Å². The number of carbonyl (C=O) groups is 1. The number of amides is 1. The van der Waals surface area contributed by atoms with E-state index >= 15 is 0 Å². The fourth-order valence-electron chi connectivity index (χ4n) is 1.84. The van der Waals surface area contributed by atoms with E-state index in [2.05, 4.69) is 10.5 Å². The second-order valence-electron chi connectivity index (χ2n) is 4.32. The largest absolute Gasteiger partial charge is 0.367 e. The summed E-state index contributed by atoms with van der Waals surface area (Å²) in [6, 6.07) is 16.4. The van der Waals surface area contributed by atoms with E-state index < -0.39 is 6.10 Å². The minimum absolute atomic E-state index is 0.332. The van der Waals surface area contributed by atoms with Gasteiger partial charge in [0, 0.05) is 12.1 Å². The number of hydrogen-bond acceptors (Lipinski definition) is 3. The van der Waals surface area contributed by atoms with E-state index in [9.17, 15) is 4.79 Å². The van der Waals surface area contributed by atoms with Crippen LogP contribution in [0.5, 0.6) is 0 Å². The summed E-state index contributed by atoms with van der Waals surface area (Å²) >= 11 is 5.87. The molecule has 0 bridgehead atoms. The molecule has 0 heterocycles. The van der Waals surface area contributed by atoms with Gasteiger partial charge in [-0.2, -0.15) is 5.10 Å². The van der Waals surface area contributed by atoms with Crippen LogP contribution in [0.25, 0.3) is 0 Å². The number of benzene rings is 2. The lowest BCUT2D eigenvalue weighted by atomic mass is 10.1. The van der Waals surface area contributed by atoms with Gasteiger partial charge in [-0.15, -0.1) is 0 Å². The number of nitrogens with zero attached hydrogens (tertiary/aromatic N) is 1. The van der Waals surface area contributed by atoms with Gasteiger partial charge >= 0.3 is 0 Å². The third kappa shape index (κ3) is 4.41. The van der Waals surface area contributed by atoms with Crippen LogP contribution in [0.2, 0.25) is 5.02 Å². The Balaban J connectivity index is 2.00. The van der Waals surface area contributed by atoms with Gasteiger partial charge in [0.05, 0.1) is 6.21 Å². The molecule has 0 unspecified atom stereocenters. The molecule has 1 N–H and O–H groups in total. The van der Waals surface area contributed by atoms with Crippen LogP contribution in [0.4, 0.5) is 0 Å². The number of rotatable bonds is 5. The predicted octanol–water partition coefficient (Wildman–Crippen LogP) is 3.18. The zero-order valence-electron chi connectivity index (χ0n) is 11.5. The van der Waals surface area contributed by atoms with Crippen molar-refractivity contribution in [1.82, 2.24) is 5.43 Å². The molecule has 4 nitrogen and oxygen atoms in total. The van der Waals surface area contributed by atoms with Crippen LogP contribution in [0.15, 0.2) is 59.7 Å². The highest BCUT2D eigenvalue weighted by Gasteiger charge is 2.18. The summed E-state index contributed by atoms with van der Waals surface area (Å²) in [7, 11) is 1.48. The van der Waals surface area contributed by atoms with E-state index in [4.69, 9.17) is 16.3 Å². The van der Waals surface area contributed by atoms with E-state index in [1.807, 2.05) is 42.5 Å². The molecule has 0 aromatic heterocycles. The Morgan fingerprint density at radius 3 is 2.67 bits per heavy atom. The molecule has 2 rings (SSSR count). The lowest BCUT2D eigenvalue weighted by molar-refractivity contribution is -0.131. The maximum Gasteiger partial charge on any atom is 0.273 e. The van der Waals surface area contributed by atoms with E-state index in [1.54, 1.807) is 12.1 Å². The van der Waals surface area contributed by atoms with Crippen molar-refractivity contribution in [2.24, 2.45) is 5.10 Å². The Hall–Kier alpha value is -2.17. The smallest absolute Gasteiger partial charge is 0.273 e. The lowest BCUT2D eigenvalue weighted by Crippen LogP contribution is -2.26. The minimum Gasteiger partial charge on any atom is -0.367 e. The highest BCUT2D eigenvalue weighted by molar-refractivity contribution is 6.30. The van der Waals surface area contributed by atoms with Gasteiger partial charge in [0.2, 0.25) is 0 Å². The normalized spacial score (nSPS) is 12.3. The van der Waals surface area contributed by atoms with E-state index in [-0.39, 0.29) is 5.91 Å². The topological polar surface area (TPSA) is 50.7 Å². The van der Waals surface area contributed by atoms with Crippen molar-refractivity contribution in [1.29, 1.82) is 0 Å². The van der Waals surface area contributed by atoms with Crippen molar-refractivity contribution < 1.29 is 9.53 Å². The number of hydrogen-bond donors (Lipinski definition) is 1. The van der Waals surface area contributed by atoms with Gasteiger partial charge in [0.15, 0.2) is 6.10 Å². The molecule has 0 radical (unpaired) electrons. The average Bonchev–Trinajstić information content (AvgIpc) is 2.49. The second kappa shape index (κ2) is 7.57. The lowest BCUT2D eigenvalue weighted by Gasteiger charge is -2.13. The van der Waals surface area contributed by atoms with Gasteiger partial charge in [-0.05, 0) is 23.3 Å². The Labute approximate surface area is 128 Å². The number of nitrogens with one attached hydrogen (secondary N) is 1. The van der Waals surface area contributed by atoms with E-state index in [0.29, 0.717) is 5.02 Å². The number of halogens is 1. The van der Waals surface area contributed by atoms with Crippen LogP contribution in [-0.4, -0.2) is 19.2 Å². The maximum absolute atomic E-state index is 12.1. The SMILES string of the molecule is CO[C@@H](C(=O)N/N=C\c1cccc(Cl)c1)c1ccccc1. The maximum atomic E-state index is 12.1. The third-order valence-electron chi connectivity index (χ3n) is 2.81. The highest BCUT2D eigenvalue weighted by atomic mass is 35.5. The number of methoxy groups -OCH3 is 1. The molecule has 0 saturated heterocycles. The van der Waals surface area contributed by atoms with Crippen molar-refractivity contribution in [2.75, 3.05) is 7.11 Å². The average molecular weight is 303 g/mol. The summed E-state index contributed by atoms with van der Waals surface area (Å²) in [4.78, 5) is 12.1. The zero-order chi connectivity index (χ0) is 15.1. The first-order valence-corrected chi connectivity index (χ1v) is 6.74. The Kier molecular flexibility index (Phi) is 5.49. The molecule has 0 aliphatic heterocycles. The molecule has 0 spiro atoms. The molecule has 1 atom stereocenters. The Morgan fingerprint density at radius 1 is 1.24 bits per heavy atom. The van der Waals surface area contributed by atoms with Crippen molar-refractivity contribution in [3.05, 3.63) is 70.7 Å².